The minimum atomic E-state index is 0.0298. The second-order valence-corrected chi connectivity index (χ2v) is 5.82. The molecule has 0 bridgehead atoms. The van der Waals surface area contributed by atoms with E-state index in [4.69, 9.17) is 9.47 Å². The Hall–Kier alpha value is -1.55. The maximum atomic E-state index is 11.9. The van der Waals surface area contributed by atoms with E-state index in [1.165, 1.54) is 32.1 Å². The molecule has 0 unspecified atom stereocenters. The van der Waals surface area contributed by atoms with E-state index < -0.39 is 0 Å². The molecule has 1 aliphatic carbocycles. The van der Waals surface area contributed by atoms with E-state index in [-0.39, 0.29) is 5.91 Å². The molecule has 0 radical (unpaired) electrons. The first-order chi connectivity index (χ1) is 10.8. The van der Waals surface area contributed by atoms with Crippen LogP contribution in [0.1, 0.15) is 44.1 Å². The van der Waals surface area contributed by atoms with Gasteiger partial charge in [-0.15, -0.1) is 0 Å². The summed E-state index contributed by atoms with van der Waals surface area (Å²) in [7, 11) is 1.62. The van der Waals surface area contributed by atoms with Crippen LogP contribution in [0.2, 0.25) is 0 Å². The zero-order chi connectivity index (χ0) is 15.6. The van der Waals surface area contributed by atoms with Crippen molar-refractivity contribution in [2.45, 2.75) is 51.0 Å². The van der Waals surface area contributed by atoms with Gasteiger partial charge < -0.3 is 14.8 Å². The Balaban J connectivity index is 1.59. The van der Waals surface area contributed by atoms with Gasteiger partial charge in [0.25, 0.3) is 0 Å². The van der Waals surface area contributed by atoms with E-state index in [9.17, 15) is 4.79 Å². The third kappa shape index (κ3) is 5.68. The molecule has 0 atom stereocenters. The molecule has 1 amide bonds. The maximum Gasteiger partial charge on any atom is 0.224 e. The van der Waals surface area contributed by atoms with Gasteiger partial charge in [-0.25, -0.2) is 0 Å². The Labute approximate surface area is 133 Å². The lowest BCUT2D eigenvalue weighted by Gasteiger charge is -2.21. The van der Waals surface area contributed by atoms with Gasteiger partial charge in [-0.2, -0.15) is 0 Å². The summed E-state index contributed by atoms with van der Waals surface area (Å²) >= 11 is 0. The van der Waals surface area contributed by atoms with E-state index in [0.29, 0.717) is 19.1 Å². The van der Waals surface area contributed by atoms with E-state index in [1.807, 2.05) is 24.3 Å². The lowest BCUT2D eigenvalue weighted by molar-refractivity contribution is -0.120. The quantitative estimate of drug-likeness (QED) is 0.751. The smallest absolute Gasteiger partial charge is 0.224 e. The second-order valence-electron chi connectivity index (χ2n) is 5.82. The van der Waals surface area contributed by atoms with Gasteiger partial charge in [0.1, 0.15) is 5.75 Å². The highest BCUT2D eigenvalue weighted by Gasteiger charge is 2.13. The lowest BCUT2D eigenvalue weighted by Crippen LogP contribution is -2.27. The molecular weight excluding hydrogens is 278 g/mol. The molecule has 0 spiro atoms. The molecule has 0 saturated heterocycles. The van der Waals surface area contributed by atoms with Crippen molar-refractivity contribution in [2.24, 2.45) is 0 Å². The van der Waals surface area contributed by atoms with Crippen molar-refractivity contribution in [1.82, 2.24) is 5.32 Å². The first-order valence-electron chi connectivity index (χ1n) is 8.30. The van der Waals surface area contributed by atoms with E-state index in [0.717, 1.165) is 24.3 Å². The van der Waals surface area contributed by atoms with Gasteiger partial charge in [-0.1, -0.05) is 37.5 Å². The number of methoxy groups -OCH3 is 1. The number of hydrogen-bond donors (Lipinski definition) is 1. The number of ether oxygens (including phenoxy) is 2. The minimum absolute atomic E-state index is 0.0298. The largest absolute Gasteiger partial charge is 0.496 e. The highest BCUT2D eigenvalue weighted by molar-refractivity contribution is 5.79. The van der Waals surface area contributed by atoms with Crippen LogP contribution in [0.5, 0.6) is 5.75 Å². The Kier molecular flexibility index (Phi) is 7.23. The lowest BCUT2D eigenvalue weighted by atomic mass is 9.98. The van der Waals surface area contributed by atoms with Gasteiger partial charge >= 0.3 is 0 Å². The van der Waals surface area contributed by atoms with Crippen LogP contribution in [-0.2, 0) is 16.0 Å². The molecule has 22 heavy (non-hydrogen) atoms. The van der Waals surface area contributed by atoms with Crippen LogP contribution in [0.3, 0.4) is 0 Å². The Morgan fingerprint density at radius 3 is 2.77 bits per heavy atom. The number of rotatable bonds is 8. The van der Waals surface area contributed by atoms with Crippen molar-refractivity contribution in [2.75, 3.05) is 20.3 Å². The van der Waals surface area contributed by atoms with Crippen molar-refractivity contribution < 1.29 is 14.3 Å². The number of nitrogens with one attached hydrogen (secondary N) is 1. The molecule has 0 aromatic heterocycles. The second kappa shape index (κ2) is 9.46. The third-order valence-electron chi connectivity index (χ3n) is 4.09. The number of benzene rings is 1. The summed E-state index contributed by atoms with van der Waals surface area (Å²) in [5, 5.41) is 2.95. The summed E-state index contributed by atoms with van der Waals surface area (Å²) in [6.45, 7) is 1.40. The van der Waals surface area contributed by atoms with Crippen LogP contribution in [-0.4, -0.2) is 32.3 Å². The first-order valence-corrected chi connectivity index (χ1v) is 8.30. The molecule has 1 aliphatic rings. The maximum absolute atomic E-state index is 11.9. The summed E-state index contributed by atoms with van der Waals surface area (Å²) in [5.74, 6) is 0.792. The molecule has 4 nitrogen and oxygen atoms in total. The fourth-order valence-corrected chi connectivity index (χ4v) is 2.87. The minimum Gasteiger partial charge on any atom is -0.496 e. The van der Waals surface area contributed by atoms with Crippen LogP contribution < -0.4 is 10.1 Å². The van der Waals surface area contributed by atoms with Gasteiger partial charge in [0.2, 0.25) is 5.91 Å². The van der Waals surface area contributed by atoms with Crippen LogP contribution in [0.4, 0.5) is 0 Å². The van der Waals surface area contributed by atoms with Crippen molar-refractivity contribution in [3.63, 3.8) is 0 Å². The summed E-state index contributed by atoms with van der Waals surface area (Å²) in [6, 6.07) is 7.62. The molecule has 0 aliphatic heterocycles. The zero-order valence-corrected chi connectivity index (χ0v) is 13.5. The highest BCUT2D eigenvalue weighted by Crippen LogP contribution is 2.20. The average Bonchev–Trinajstić information content (AvgIpc) is 2.56. The summed E-state index contributed by atoms with van der Waals surface area (Å²) in [4.78, 5) is 11.9. The molecule has 4 heteroatoms. The van der Waals surface area contributed by atoms with Gasteiger partial charge in [-0.05, 0) is 25.3 Å². The number of para-hydroxylation sites is 1. The molecule has 0 heterocycles. The first kappa shape index (κ1) is 16.8. The predicted octanol–water partition coefficient (Wildman–Crippen LogP) is 3.09. The van der Waals surface area contributed by atoms with E-state index >= 15 is 0 Å². The van der Waals surface area contributed by atoms with Crippen LogP contribution in [0, 0.1) is 0 Å². The van der Waals surface area contributed by atoms with Crippen LogP contribution in [0.15, 0.2) is 24.3 Å². The molecule has 1 fully saturated rings. The Morgan fingerprint density at radius 2 is 2.00 bits per heavy atom. The monoisotopic (exact) mass is 305 g/mol. The van der Waals surface area contributed by atoms with Crippen molar-refractivity contribution in [3.8, 4) is 5.75 Å². The summed E-state index contributed by atoms with van der Waals surface area (Å²) in [5.41, 5.74) is 0.918. The van der Waals surface area contributed by atoms with Crippen molar-refractivity contribution >= 4 is 5.91 Å². The normalized spacial score (nSPS) is 15.5. The summed E-state index contributed by atoms with van der Waals surface area (Å²) in [6.07, 6.45) is 7.99. The van der Waals surface area contributed by atoms with Crippen LogP contribution in [0.25, 0.3) is 0 Å². The number of carbonyl (C=O) groups is 1. The van der Waals surface area contributed by atoms with Crippen molar-refractivity contribution in [3.05, 3.63) is 29.8 Å². The predicted molar refractivity (Wildman–Crippen MR) is 87.1 cm³/mol. The highest BCUT2D eigenvalue weighted by atomic mass is 16.5. The number of hydrogen-bond acceptors (Lipinski definition) is 3. The number of amides is 1. The SMILES string of the molecule is COc1ccccc1CC(=O)NCCCOC1CCCCC1. The van der Waals surface area contributed by atoms with E-state index in [2.05, 4.69) is 5.32 Å². The molecular formula is C18H27NO3. The van der Waals surface area contributed by atoms with Crippen LogP contribution >= 0.6 is 0 Å². The fraction of sp³-hybridized carbons (Fsp3) is 0.611. The standard InChI is InChI=1S/C18H27NO3/c1-21-17-11-6-5-8-15(17)14-18(20)19-12-7-13-22-16-9-3-2-4-10-16/h5-6,8,11,16H,2-4,7,9-10,12-14H2,1H3,(H,19,20). The molecule has 2 rings (SSSR count). The Bertz CT molecular complexity index is 455. The van der Waals surface area contributed by atoms with Gasteiger partial charge in [0.15, 0.2) is 0 Å². The fourth-order valence-electron chi connectivity index (χ4n) is 2.87. The van der Waals surface area contributed by atoms with E-state index in [1.54, 1.807) is 7.11 Å². The Morgan fingerprint density at radius 1 is 1.23 bits per heavy atom. The van der Waals surface area contributed by atoms with Crippen molar-refractivity contribution in [1.29, 1.82) is 0 Å². The molecule has 122 valence electrons. The topological polar surface area (TPSA) is 47.6 Å². The van der Waals surface area contributed by atoms with Gasteiger partial charge in [-0.3, -0.25) is 4.79 Å². The molecule has 1 aromatic rings. The zero-order valence-electron chi connectivity index (χ0n) is 13.5. The third-order valence-corrected chi connectivity index (χ3v) is 4.09. The molecule has 1 saturated carbocycles. The molecule has 1 aromatic carbocycles. The molecule has 1 N–H and O–H groups in total. The van der Waals surface area contributed by atoms with Gasteiger partial charge in [0, 0.05) is 18.7 Å². The average molecular weight is 305 g/mol. The summed E-state index contributed by atoms with van der Waals surface area (Å²) < 4.78 is 11.1. The van der Waals surface area contributed by atoms with Gasteiger partial charge in [0.05, 0.1) is 19.6 Å². The number of carbonyl (C=O) groups excluding carboxylic acids is 1.